The Kier molecular flexibility index (Phi) is 13.4. The largest absolute Gasteiger partial charge is 0.478 e. The molecule has 1 unspecified atom stereocenters. The number of hydrogen-bond acceptors (Lipinski definition) is 14. The summed E-state index contributed by atoms with van der Waals surface area (Å²) in [6, 6.07) is 10.3. The first-order valence-corrected chi connectivity index (χ1v) is 22.2. The van der Waals surface area contributed by atoms with E-state index in [4.69, 9.17) is 26.1 Å². The first-order chi connectivity index (χ1) is 30.4. The number of piperidine rings is 2. The lowest BCUT2D eigenvalue weighted by molar-refractivity contribution is -0.137. The molecule has 5 aliphatic rings. The van der Waals surface area contributed by atoms with Crippen molar-refractivity contribution in [3.8, 4) is 5.75 Å². The molecular formula is C44H54ClN11O7. The molecule has 1 aliphatic carbocycles. The van der Waals surface area contributed by atoms with Gasteiger partial charge in [-0.15, -0.1) is 0 Å². The molecule has 334 valence electrons. The van der Waals surface area contributed by atoms with Crippen LogP contribution in [0.5, 0.6) is 5.75 Å². The zero-order valence-electron chi connectivity index (χ0n) is 35.8. The first kappa shape index (κ1) is 43.8. The predicted molar refractivity (Wildman–Crippen MR) is 238 cm³/mol. The van der Waals surface area contributed by atoms with Crippen molar-refractivity contribution >= 4 is 69.4 Å². The summed E-state index contributed by atoms with van der Waals surface area (Å²) in [6.45, 7) is 9.21. The number of ether oxygens (including phenoxy) is 2. The van der Waals surface area contributed by atoms with Crippen molar-refractivity contribution in [2.75, 3.05) is 68.0 Å². The van der Waals surface area contributed by atoms with Crippen molar-refractivity contribution in [2.24, 2.45) is 0 Å². The van der Waals surface area contributed by atoms with Gasteiger partial charge in [0.15, 0.2) is 18.2 Å². The Hall–Kier alpha value is -5.85. The van der Waals surface area contributed by atoms with Crippen LogP contribution in [-0.4, -0.2) is 119 Å². The summed E-state index contributed by atoms with van der Waals surface area (Å²) in [4.78, 5) is 80.4. The van der Waals surface area contributed by atoms with Gasteiger partial charge in [0.25, 0.3) is 17.4 Å². The minimum Gasteiger partial charge on any atom is -0.478 e. The molecule has 4 N–H and O–H groups in total. The van der Waals surface area contributed by atoms with E-state index in [1.807, 2.05) is 38.1 Å². The van der Waals surface area contributed by atoms with E-state index in [0.717, 1.165) is 74.5 Å². The number of rotatable bonds is 11. The van der Waals surface area contributed by atoms with Crippen LogP contribution in [0.25, 0.3) is 10.9 Å². The first-order valence-electron chi connectivity index (χ1n) is 21.8. The van der Waals surface area contributed by atoms with Crippen LogP contribution in [0.1, 0.15) is 80.9 Å². The van der Waals surface area contributed by atoms with Crippen LogP contribution in [0.4, 0.5) is 23.3 Å². The van der Waals surface area contributed by atoms with Gasteiger partial charge in [0.2, 0.25) is 17.8 Å². The lowest BCUT2D eigenvalue weighted by atomic mass is 9.95. The van der Waals surface area contributed by atoms with Crippen molar-refractivity contribution < 1.29 is 28.7 Å². The van der Waals surface area contributed by atoms with Crippen LogP contribution in [-0.2, 0) is 25.7 Å². The van der Waals surface area contributed by atoms with Gasteiger partial charge in [0, 0.05) is 69.9 Å². The average Bonchev–Trinajstić information content (AvgIpc) is 3.60. The Bertz CT molecular complexity index is 2430. The van der Waals surface area contributed by atoms with Gasteiger partial charge in [-0.3, -0.25) is 29.3 Å². The quantitative estimate of drug-likeness (QED) is 0.159. The smallest absolute Gasteiger partial charge is 0.293 e. The third-order valence-electron chi connectivity index (χ3n) is 12.1. The predicted octanol–water partition coefficient (Wildman–Crippen LogP) is 3.68. The fourth-order valence-corrected chi connectivity index (χ4v) is 8.57. The lowest BCUT2D eigenvalue weighted by Crippen LogP contribution is -2.52. The number of carbonyl (C=O) groups is 4. The summed E-state index contributed by atoms with van der Waals surface area (Å²) >= 11 is 6.47. The molecule has 63 heavy (non-hydrogen) atoms. The highest BCUT2D eigenvalue weighted by Gasteiger charge is 2.40. The van der Waals surface area contributed by atoms with E-state index in [1.165, 1.54) is 31.2 Å². The number of piperazine rings is 1. The summed E-state index contributed by atoms with van der Waals surface area (Å²) in [5.74, 6) is 0.945. The maximum atomic E-state index is 13.1. The Morgan fingerprint density at radius 2 is 1.70 bits per heavy atom. The third kappa shape index (κ3) is 9.87. The molecule has 4 aliphatic heterocycles. The monoisotopic (exact) mass is 883 g/mol. The molecule has 7 heterocycles. The molecule has 19 heteroatoms. The Balaban J connectivity index is 0.000000193. The van der Waals surface area contributed by atoms with Crippen molar-refractivity contribution in [3.05, 3.63) is 69.2 Å². The van der Waals surface area contributed by atoms with E-state index >= 15 is 0 Å². The third-order valence-corrected chi connectivity index (χ3v) is 12.4. The van der Waals surface area contributed by atoms with Gasteiger partial charge in [-0.2, -0.15) is 4.98 Å². The second kappa shape index (κ2) is 19.3. The molecule has 1 aromatic carbocycles. The number of fused-ring (bicyclic) bond motifs is 2. The number of amides is 4. The highest BCUT2D eigenvalue weighted by Crippen LogP contribution is 2.32. The van der Waals surface area contributed by atoms with Crippen molar-refractivity contribution in [1.82, 2.24) is 40.4 Å². The minimum absolute atomic E-state index is 0.107. The molecule has 4 amide bonds. The lowest BCUT2D eigenvalue weighted by Gasteiger charge is -2.36. The standard InChI is InChI=1S/C28H35ClN6O4.C16H19N5O3/c1-17(2)35-23-8-7-19(13-18(23)14-24(27(35)37)38-16-25(36)30-3)32-26-22(29)15-31-28(33-26)34-11-9-21(10-12-34)39-20-5-4-6-20;22-14-4-2-12(15(23)19-14)21-9-11-10(16(21)24)1-3-13(18-11)20-7-5-17-6-8-20/h7-8,13-15,17,20-21H,4-6,9-12,16H2,1-3H3,(H,30,36)(H,31,32,33);1,3,12,17H,2,4-9H2,(H,19,22,23). The summed E-state index contributed by atoms with van der Waals surface area (Å²) in [5, 5.41) is 12.6. The molecule has 9 rings (SSSR count). The topological polar surface area (TPSA) is 205 Å². The fourth-order valence-electron chi connectivity index (χ4n) is 8.43. The molecule has 18 nitrogen and oxygen atoms in total. The Labute approximate surface area is 370 Å². The number of hydrogen-bond donors (Lipinski definition) is 4. The second-order valence-electron chi connectivity index (χ2n) is 16.7. The number of pyridine rings is 2. The summed E-state index contributed by atoms with van der Waals surface area (Å²) in [7, 11) is 1.52. The molecule has 3 aromatic heterocycles. The van der Waals surface area contributed by atoms with E-state index in [-0.39, 0.29) is 48.1 Å². The normalized spacial score (nSPS) is 19.3. The zero-order valence-corrected chi connectivity index (χ0v) is 36.6. The number of nitrogens with zero attached hydrogens (tertiary/aromatic N) is 7. The van der Waals surface area contributed by atoms with Gasteiger partial charge in [-0.05, 0) is 88.8 Å². The molecule has 4 aromatic rings. The number of imide groups is 1. The summed E-state index contributed by atoms with van der Waals surface area (Å²) < 4.78 is 13.4. The number of anilines is 4. The van der Waals surface area contributed by atoms with E-state index in [2.05, 4.69) is 41.0 Å². The number of halogens is 1. The van der Waals surface area contributed by atoms with Crippen LogP contribution < -0.4 is 41.4 Å². The molecular weight excluding hydrogens is 830 g/mol. The Morgan fingerprint density at radius 3 is 2.40 bits per heavy atom. The molecule has 1 atom stereocenters. The molecule has 4 fully saturated rings. The van der Waals surface area contributed by atoms with Crippen LogP contribution in [0.2, 0.25) is 5.02 Å². The number of aromatic nitrogens is 4. The molecule has 3 saturated heterocycles. The molecule has 0 radical (unpaired) electrons. The van der Waals surface area contributed by atoms with E-state index < -0.39 is 11.9 Å². The van der Waals surface area contributed by atoms with E-state index in [1.54, 1.807) is 22.9 Å². The number of benzene rings is 1. The molecule has 1 saturated carbocycles. The van der Waals surface area contributed by atoms with E-state index in [9.17, 15) is 24.0 Å². The zero-order chi connectivity index (χ0) is 44.2. The highest BCUT2D eigenvalue weighted by molar-refractivity contribution is 6.33. The van der Waals surface area contributed by atoms with E-state index in [0.29, 0.717) is 53.2 Å². The van der Waals surface area contributed by atoms with Crippen molar-refractivity contribution in [1.29, 1.82) is 0 Å². The number of carbonyl (C=O) groups excluding carboxylic acids is 4. The Morgan fingerprint density at radius 1 is 0.937 bits per heavy atom. The van der Waals surface area contributed by atoms with Gasteiger partial charge in [0.05, 0.1) is 41.7 Å². The SMILES string of the molecule is CNC(=O)COc1cc2cc(Nc3nc(N4CCC(OC5CCC5)CC4)ncc3Cl)ccc2n(C(C)C)c1=O.O=C1CCC(N2Cc3nc(N4CCNCC4)ccc3C2=O)C(=O)N1. The maximum Gasteiger partial charge on any atom is 0.293 e. The summed E-state index contributed by atoms with van der Waals surface area (Å²) in [5.41, 5.74) is 2.48. The maximum absolute atomic E-state index is 13.1. The van der Waals surface area contributed by atoms with Crippen molar-refractivity contribution in [2.45, 2.75) is 89.6 Å². The van der Waals surface area contributed by atoms with Crippen LogP contribution in [0.15, 0.2) is 47.4 Å². The van der Waals surface area contributed by atoms with Crippen molar-refractivity contribution in [3.63, 3.8) is 0 Å². The minimum atomic E-state index is -0.591. The van der Waals surface area contributed by atoms with Crippen LogP contribution >= 0.6 is 11.6 Å². The molecule has 0 spiro atoms. The number of nitrogens with one attached hydrogen (secondary N) is 4. The van der Waals surface area contributed by atoms with Crippen LogP contribution in [0, 0.1) is 0 Å². The van der Waals surface area contributed by atoms with Gasteiger partial charge < -0.3 is 44.7 Å². The average molecular weight is 884 g/mol. The fraction of sp³-hybridized carbons (Fsp3) is 0.500. The number of likely N-dealkylation sites (N-methyl/N-ethyl adjacent to an activating group) is 1. The van der Waals surface area contributed by atoms with Gasteiger partial charge in [-0.25, -0.2) is 9.97 Å². The van der Waals surface area contributed by atoms with Gasteiger partial charge in [0.1, 0.15) is 16.9 Å². The van der Waals surface area contributed by atoms with Crippen LogP contribution in [0.3, 0.4) is 0 Å². The highest BCUT2D eigenvalue weighted by atomic mass is 35.5. The summed E-state index contributed by atoms with van der Waals surface area (Å²) in [6.07, 6.45) is 8.56. The van der Waals surface area contributed by atoms with Gasteiger partial charge in [-0.1, -0.05) is 11.6 Å². The van der Waals surface area contributed by atoms with Gasteiger partial charge >= 0.3 is 0 Å². The second-order valence-corrected chi connectivity index (χ2v) is 17.1. The molecule has 0 bridgehead atoms.